The number of benzene rings is 1. The number of fused-ring (bicyclic) bond motifs is 1. The van der Waals surface area contributed by atoms with E-state index in [9.17, 15) is 14.9 Å². The summed E-state index contributed by atoms with van der Waals surface area (Å²) in [5, 5.41) is 14.7. The molecular weight excluding hydrogens is 318 g/mol. The third-order valence-electron chi connectivity index (χ3n) is 4.21. The maximum absolute atomic E-state index is 11.5. The van der Waals surface area contributed by atoms with Gasteiger partial charge in [0.15, 0.2) is 12.4 Å². The molecule has 1 atom stereocenters. The molecule has 3 rings (SSSR count). The molecule has 2 aliphatic heterocycles. The first-order valence-electron chi connectivity index (χ1n) is 7.61. The van der Waals surface area contributed by atoms with Gasteiger partial charge < -0.3 is 15.0 Å². The first kappa shape index (κ1) is 15.9. The zero-order valence-corrected chi connectivity index (χ0v) is 13.7. The minimum absolute atomic E-state index is 0.0293. The molecular formula is C15H19N3O4S. The molecule has 23 heavy (non-hydrogen) atoms. The highest BCUT2D eigenvalue weighted by Crippen LogP contribution is 2.40. The number of anilines is 2. The van der Waals surface area contributed by atoms with Crippen molar-refractivity contribution in [2.75, 3.05) is 36.2 Å². The SMILES string of the molecule is CSC1CCCCN(c2cc3c(cc2[N+](=O)[O-])OCC(=O)N3)C1. The van der Waals surface area contributed by atoms with Gasteiger partial charge in [-0.3, -0.25) is 14.9 Å². The molecule has 0 aromatic heterocycles. The van der Waals surface area contributed by atoms with Crippen LogP contribution in [-0.2, 0) is 4.79 Å². The molecule has 8 heteroatoms. The molecule has 0 spiro atoms. The van der Waals surface area contributed by atoms with Gasteiger partial charge in [-0.15, -0.1) is 0 Å². The number of ether oxygens (including phenoxy) is 1. The second-order valence-electron chi connectivity index (χ2n) is 5.73. The Morgan fingerprint density at radius 3 is 3.00 bits per heavy atom. The summed E-state index contributed by atoms with van der Waals surface area (Å²) in [7, 11) is 0. The van der Waals surface area contributed by atoms with Crippen molar-refractivity contribution in [3.8, 4) is 5.75 Å². The smallest absolute Gasteiger partial charge is 0.296 e. The highest BCUT2D eigenvalue weighted by atomic mass is 32.2. The normalized spacial score (nSPS) is 21.0. The van der Waals surface area contributed by atoms with E-state index in [1.54, 1.807) is 17.8 Å². The minimum Gasteiger partial charge on any atom is -0.481 e. The predicted octanol–water partition coefficient (Wildman–Crippen LogP) is 2.65. The molecule has 1 unspecified atom stereocenters. The number of hydrogen-bond donors (Lipinski definition) is 1. The molecule has 1 aromatic carbocycles. The number of nitrogens with one attached hydrogen (secondary N) is 1. The Labute approximate surface area is 138 Å². The first-order valence-corrected chi connectivity index (χ1v) is 8.90. The molecule has 7 nitrogen and oxygen atoms in total. The van der Waals surface area contributed by atoms with Gasteiger partial charge in [0.25, 0.3) is 11.6 Å². The maximum atomic E-state index is 11.5. The quantitative estimate of drug-likeness (QED) is 0.674. The van der Waals surface area contributed by atoms with Crippen LogP contribution in [0, 0.1) is 10.1 Å². The van der Waals surface area contributed by atoms with Gasteiger partial charge in [0.1, 0.15) is 5.69 Å². The van der Waals surface area contributed by atoms with Crippen LogP contribution in [0.15, 0.2) is 12.1 Å². The van der Waals surface area contributed by atoms with E-state index in [1.165, 1.54) is 6.07 Å². The second kappa shape index (κ2) is 6.66. The van der Waals surface area contributed by atoms with Gasteiger partial charge in [-0.1, -0.05) is 6.42 Å². The lowest BCUT2D eigenvalue weighted by molar-refractivity contribution is -0.384. The van der Waals surface area contributed by atoms with Crippen LogP contribution in [0.1, 0.15) is 19.3 Å². The van der Waals surface area contributed by atoms with Crippen molar-refractivity contribution in [3.63, 3.8) is 0 Å². The summed E-state index contributed by atoms with van der Waals surface area (Å²) in [6.07, 6.45) is 5.33. The van der Waals surface area contributed by atoms with Crippen molar-refractivity contribution >= 4 is 34.7 Å². The van der Waals surface area contributed by atoms with E-state index in [1.807, 2.05) is 0 Å². The number of hydrogen-bond acceptors (Lipinski definition) is 6. The van der Waals surface area contributed by atoms with E-state index in [0.717, 1.165) is 32.4 Å². The van der Waals surface area contributed by atoms with Crippen molar-refractivity contribution in [3.05, 3.63) is 22.2 Å². The zero-order chi connectivity index (χ0) is 16.4. The lowest BCUT2D eigenvalue weighted by Gasteiger charge is -2.27. The van der Waals surface area contributed by atoms with Crippen LogP contribution in [0.3, 0.4) is 0 Å². The van der Waals surface area contributed by atoms with Crippen molar-refractivity contribution in [2.24, 2.45) is 0 Å². The Morgan fingerprint density at radius 2 is 2.26 bits per heavy atom. The molecule has 124 valence electrons. The minimum atomic E-state index is -0.381. The number of carbonyl (C=O) groups excluding carboxylic acids is 1. The van der Waals surface area contributed by atoms with Crippen molar-refractivity contribution in [2.45, 2.75) is 24.5 Å². The number of amides is 1. The van der Waals surface area contributed by atoms with Gasteiger partial charge in [0.2, 0.25) is 0 Å². The van der Waals surface area contributed by atoms with Crippen LogP contribution in [0.5, 0.6) is 5.75 Å². The summed E-state index contributed by atoms with van der Waals surface area (Å²) < 4.78 is 5.30. The van der Waals surface area contributed by atoms with Crippen LogP contribution in [0.2, 0.25) is 0 Å². The topological polar surface area (TPSA) is 84.7 Å². The molecule has 0 saturated carbocycles. The van der Waals surface area contributed by atoms with E-state index < -0.39 is 0 Å². The molecule has 2 aliphatic rings. The van der Waals surface area contributed by atoms with Gasteiger partial charge in [0, 0.05) is 18.3 Å². The Balaban J connectivity index is 2.00. The van der Waals surface area contributed by atoms with Gasteiger partial charge in [-0.2, -0.15) is 11.8 Å². The van der Waals surface area contributed by atoms with Gasteiger partial charge in [0.05, 0.1) is 16.7 Å². The summed E-state index contributed by atoms with van der Waals surface area (Å²) in [6, 6.07) is 3.09. The van der Waals surface area contributed by atoms with Gasteiger partial charge in [-0.05, 0) is 25.2 Å². The molecule has 1 saturated heterocycles. The fourth-order valence-electron chi connectivity index (χ4n) is 3.02. The number of thioether (sulfide) groups is 1. The van der Waals surface area contributed by atoms with Crippen LogP contribution >= 0.6 is 11.8 Å². The lowest BCUT2D eigenvalue weighted by atomic mass is 10.1. The van der Waals surface area contributed by atoms with E-state index in [2.05, 4.69) is 16.5 Å². The van der Waals surface area contributed by atoms with Gasteiger partial charge in [-0.25, -0.2) is 0 Å². The lowest BCUT2D eigenvalue weighted by Crippen LogP contribution is -2.31. The highest BCUT2D eigenvalue weighted by Gasteiger charge is 2.28. The predicted molar refractivity (Wildman–Crippen MR) is 90.6 cm³/mol. The number of nitro benzene ring substituents is 1. The van der Waals surface area contributed by atoms with Crippen molar-refractivity contribution in [1.82, 2.24) is 0 Å². The molecule has 0 radical (unpaired) electrons. The average molecular weight is 337 g/mol. The summed E-state index contributed by atoms with van der Waals surface area (Å²) in [5.41, 5.74) is 1.09. The van der Waals surface area contributed by atoms with Crippen molar-refractivity contribution in [1.29, 1.82) is 0 Å². The molecule has 2 heterocycles. The Hall–Kier alpha value is -1.96. The molecule has 1 amide bonds. The fraction of sp³-hybridized carbons (Fsp3) is 0.533. The third kappa shape index (κ3) is 3.36. The number of rotatable bonds is 3. The number of carbonyl (C=O) groups is 1. The molecule has 0 aliphatic carbocycles. The standard InChI is InChI=1S/C15H19N3O4S/c1-23-10-4-2-3-5-17(8-10)12-6-11-14(7-13(12)18(20)21)22-9-15(19)16-11/h6-7,10H,2-5,8-9H2,1H3,(H,16,19). The summed E-state index contributed by atoms with van der Waals surface area (Å²) in [4.78, 5) is 24.7. The largest absolute Gasteiger partial charge is 0.481 e. The average Bonchev–Trinajstić information content (AvgIpc) is 2.78. The second-order valence-corrected chi connectivity index (χ2v) is 6.87. The monoisotopic (exact) mass is 337 g/mol. The molecule has 0 bridgehead atoms. The fourth-order valence-corrected chi connectivity index (χ4v) is 3.75. The van der Waals surface area contributed by atoms with E-state index >= 15 is 0 Å². The summed E-state index contributed by atoms with van der Waals surface area (Å²) in [6.45, 7) is 1.45. The Kier molecular flexibility index (Phi) is 4.61. The zero-order valence-electron chi connectivity index (χ0n) is 12.9. The molecule has 1 fully saturated rings. The Bertz CT molecular complexity index is 637. The highest BCUT2D eigenvalue weighted by molar-refractivity contribution is 7.99. The van der Waals surface area contributed by atoms with Gasteiger partial charge >= 0.3 is 0 Å². The number of nitro groups is 1. The maximum Gasteiger partial charge on any atom is 0.296 e. The van der Waals surface area contributed by atoms with E-state index in [-0.39, 0.29) is 23.1 Å². The van der Waals surface area contributed by atoms with Crippen LogP contribution in [-0.4, -0.2) is 42.0 Å². The number of nitrogens with zero attached hydrogens (tertiary/aromatic N) is 2. The first-order chi connectivity index (χ1) is 11.1. The van der Waals surface area contributed by atoms with E-state index in [0.29, 0.717) is 22.4 Å². The van der Waals surface area contributed by atoms with E-state index in [4.69, 9.17) is 4.74 Å². The Morgan fingerprint density at radius 1 is 1.43 bits per heavy atom. The molecule has 1 N–H and O–H groups in total. The molecule has 1 aromatic rings. The van der Waals surface area contributed by atoms with Crippen LogP contribution in [0.4, 0.5) is 17.1 Å². The van der Waals surface area contributed by atoms with Crippen molar-refractivity contribution < 1.29 is 14.5 Å². The van der Waals surface area contributed by atoms with Crippen LogP contribution < -0.4 is 15.0 Å². The third-order valence-corrected chi connectivity index (χ3v) is 5.26. The summed E-state index contributed by atoms with van der Waals surface area (Å²) in [5.74, 6) is 0.117. The summed E-state index contributed by atoms with van der Waals surface area (Å²) >= 11 is 1.79. The van der Waals surface area contributed by atoms with Crippen LogP contribution in [0.25, 0.3) is 0 Å².